The van der Waals surface area contributed by atoms with Gasteiger partial charge in [-0.25, -0.2) is 0 Å². The zero-order chi connectivity index (χ0) is 18.7. The summed E-state index contributed by atoms with van der Waals surface area (Å²) in [5.74, 6) is 4.73. The lowest BCUT2D eigenvalue weighted by atomic mass is 9.42. The van der Waals surface area contributed by atoms with E-state index < -0.39 is 0 Å². The Balaban J connectivity index is 1.47. The Morgan fingerprint density at radius 3 is 2.63 bits per heavy atom. The minimum atomic E-state index is -0.204. The van der Waals surface area contributed by atoms with Crippen molar-refractivity contribution >= 4 is 11.6 Å². The fourth-order valence-electron chi connectivity index (χ4n) is 9.00. The number of carbonyl (C=O) groups excluding carboxylic acids is 2. The van der Waals surface area contributed by atoms with E-state index in [2.05, 4.69) is 32.9 Å². The fourth-order valence-corrected chi connectivity index (χ4v) is 9.00. The van der Waals surface area contributed by atoms with Gasteiger partial charge in [-0.1, -0.05) is 44.1 Å². The molecule has 0 aromatic heterocycles. The largest absolute Gasteiger partial charge is 0.299 e. The van der Waals surface area contributed by atoms with Gasteiger partial charge in [-0.3, -0.25) is 9.59 Å². The van der Waals surface area contributed by atoms with Gasteiger partial charge in [0, 0.05) is 23.2 Å². The van der Waals surface area contributed by atoms with Crippen LogP contribution in [0.5, 0.6) is 0 Å². The third kappa shape index (κ3) is 1.80. The number of carbonyl (C=O) groups is 2. The molecule has 2 nitrogen and oxygen atoms in total. The molecule has 0 spiro atoms. The molecule has 0 heterocycles. The quantitative estimate of drug-likeness (QED) is 0.558. The maximum Gasteiger partial charge on any atom is 0.146 e. The smallest absolute Gasteiger partial charge is 0.146 e. The Kier molecular flexibility index (Phi) is 3.13. The van der Waals surface area contributed by atoms with Gasteiger partial charge >= 0.3 is 0 Å². The summed E-state index contributed by atoms with van der Waals surface area (Å²) in [6, 6.07) is 0. The Hall–Kier alpha value is -1.18. The number of fused-ring (bicyclic) bond motifs is 4. The van der Waals surface area contributed by atoms with Gasteiger partial charge in [0.2, 0.25) is 0 Å². The Labute approximate surface area is 162 Å². The van der Waals surface area contributed by atoms with E-state index in [-0.39, 0.29) is 16.7 Å². The van der Waals surface area contributed by atoms with Gasteiger partial charge in [0.1, 0.15) is 11.6 Å². The zero-order valence-corrected chi connectivity index (χ0v) is 17.0. The molecule has 144 valence electrons. The molecule has 0 amide bonds. The van der Waals surface area contributed by atoms with E-state index in [1.807, 2.05) is 0 Å². The van der Waals surface area contributed by atoms with Crippen LogP contribution in [0.25, 0.3) is 0 Å². The second-order valence-corrected chi connectivity index (χ2v) is 11.3. The lowest BCUT2D eigenvalue weighted by molar-refractivity contribution is -0.144. The van der Waals surface area contributed by atoms with E-state index in [0.29, 0.717) is 47.1 Å². The Morgan fingerprint density at radius 1 is 1.00 bits per heavy atom. The van der Waals surface area contributed by atoms with Crippen LogP contribution >= 0.6 is 0 Å². The molecular formula is C25H32O2. The van der Waals surface area contributed by atoms with Gasteiger partial charge in [0.15, 0.2) is 0 Å². The second-order valence-electron chi connectivity index (χ2n) is 11.3. The highest BCUT2D eigenvalue weighted by Gasteiger charge is 2.64. The first kappa shape index (κ1) is 16.7. The maximum absolute atomic E-state index is 13.4. The first-order valence-corrected chi connectivity index (χ1v) is 11.3. The highest BCUT2D eigenvalue weighted by atomic mass is 16.1. The van der Waals surface area contributed by atoms with Crippen LogP contribution < -0.4 is 0 Å². The molecule has 8 atom stereocenters. The molecule has 3 fully saturated rings. The molecule has 7 aliphatic carbocycles. The highest BCUT2D eigenvalue weighted by Crippen LogP contribution is 2.68. The minimum Gasteiger partial charge on any atom is -0.299 e. The average Bonchev–Trinajstić information content (AvgIpc) is 3.22. The van der Waals surface area contributed by atoms with Crippen molar-refractivity contribution in [3.63, 3.8) is 0 Å². The molecule has 0 aromatic carbocycles. The standard InChI is InChI=1S/C25H32O2/c1-24(2)22-16-6-4-5-14(16)21(23(24)27)17-8-7-13-15(20(17)22)11-12-25(3)18(13)9-10-19(25)26/h4-5,13-16,18,21-22H,6-12H2,1-3H3/t13?,14?,15?,16?,18?,21?,22?,25-/m0/s1. The number of ketones is 2. The number of hydrogen-bond acceptors (Lipinski definition) is 2. The van der Waals surface area contributed by atoms with Gasteiger partial charge in [0.25, 0.3) is 0 Å². The summed E-state index contributed by atoms with van der Waals surface area (Å²) in [6.07, 6.45) is 12.4. The van der Waals surface area contributed by atoms with E-state index in [1.54, 1.807) is 11.1 Å². The fraction of sp³-hybridized carbons (Fsp3) is 0.760. The van der Waals surface area contributed by atoms with Crippen LogP contribution in [0.15, 0.2) is 23.3 Å². The lowest BCUT2D eigenvalue weighted by Gasteiger charge is -2.61. The van der Waals surface area contributed by atoms with Crippen LogP contribution in [0.3, 0.4) is 0 Å². The van der Waals surface area contributed by atoms with E-state index in [0.717, 1.165) is 32.1 Å². The summed E-state index contributed by atoms with van der Waals surface area (Å²) in [5.41, 5.74) is 3.04. The van der Waals surface area contributed by atoms with Crippen LogP contribution in [0.4, 0.5) is 0 Å². The molecular weight excluding hydrogens is 332 g/mol. The number of rotatable bonds is 0. The van der Waals surface area contributed by atoms with Crippen molar-refractivity contribution in [2.45, 2.75) is 65.7 Å². The van der Waals surface area contributed by atoms with Crippen molar-refractivity contribution in [1.29, 1.82) is 0 Å². The molecule has 7 unspecified atom stereocenters. The molecule has 2 bridgehead atoms. The molecule has 3 saturated carbocycles. The molecule has 0 radical (unpaired) electrons. The molecule has 0 aromatic rings. The number of Topliss-reactive ketones (excluding diaryl/α,β-unsaturated/α-hetero) is 2. The summed E-state index contributed by atoms with van der Waals surface area (Å²) in [4.78, 5) is 26.1. The highest BCUT2D eigenvalue weighted by molar-refractivity contribution is 5.93. The van der Waals surface area contributed by atoms with Crippen molar-refractivity contribution in [1.82, 2.24) is 0 Å². The molecule has 0 saturated heterocycles. The molecule has 0 aliphatic heterocycles. The lowest BCUT2D eigenvalue weighted by Crippen LogP contribution is -2.59. The van der Waals surface area contributed by atoms with Crippen molar-refractivity contribution < 1.29 is 9.59 Å². The predicted octanol–water partition coefficient (Wildman–Crippen LogP) is 5.14. The van der Waals surface area contributed by atoms with Gasteiger partial charge in [0.05, 0.1) is 0 Å². The average molecular weight is 365 g/mol. The molecule has 27 heavy (non-hydrogen) atoms. The monoisotopic (exact) mass is 364 g/mol. The summed E-state index contributed by atoms with van der Waals surface area (Å²) < 4.78 is 0. The summed E-state index contributed by atoms with van der Waals surface area (Å²) >= 11 is 0. The number of allylic oxidation sites excluding steroid dienone is 4. The number of hydrogen-bond donors (Lipinski definition) is 0. The molecule has 0 N–H and O–H groups in total. The van der Waals surface area contributed by atoms with Crippen LogP contribution in [-0.4, -0.2) is 11.6 Å². The molecule has 7 aliphatic rings. The van der Waals surface area contributed by atoms with Gasteiger partial charge < -0.3 is 0 Å². The van der Waals surface area contributed by atoms with E-state index in [4.69, 9.17) is 0 Å². The van der Waals surface area contributed by atoms with Crippen molar-refractivity contribution in [2.24, 2.45) is 52.3 Å². The first-order valence-electron chi connectivity index (χ1n) is 11.3. The first-order chi connectivity index (χ1) is 12.9. The van der Waals surface area contributed by atoms with Crippen LogP contribution in [0.1, 0.15) is 65.7 Å². The SMILES string of the molecule is CC1(C)C(=O)C2C3=C(C4CC[C@]5(C)C(=O)CCC5C4CC3)C1C1CC=CC21. The Bertz CT molecular complexity index is 814. The summed E-state index contributed by atoms with van der Waals surface area (Å²) in [6.45, 7) is 6.74. The predicted molar refractivity (Wildman–Crippen MR) is 105 cm³/mol. The van der Waals surface area contributed by atoms with Crippen molar-refractivity contribution in [3.8, 4) is 0 Å². The van der Waals surface area contributed by atoms with Crippen molar-refractivity contribution in [2.75, 3.05) is 0 Å². The molecule has 2 heteroatoms. The van der Waals surface area contributed by atoms with Crippen LogP contribution in [0.2, 0.25) is 0 Å². The van der Waals surface area contributed by atoms with Crippen LogP contribution in [-0.2, 0) is 9.59 Å². The third-order valence-corrected chi connectivity index (χ3v) is 10.1. The Morgan fingerprint density at radius 2 is 1.81 bits per heavy atom. The summed E-state index contributed by atoms with van der Waals surface area (Å²) in [5, 5.41) is 0. The summed E-state index contributed by atoms with van der Waals surface area (Å²) in [7, 11) is 0. The minimum absolute atomic E-state index is 0.0459. The van der Waals surface area contributed by atoms with E-state index >= 15 is 0 Å². The van der Waals surface area contributed by atoms with E-state index in [1.165, 1.54) is 12.8 Å². The normalized spacial score (nSPS) is 51.9. The van der Waals surface area contributed by atoms with Gasteiger partial charge in [-0.05, 0) is 74.0 Å². The topological polar surface area (TPSA) is 34.1 Å². The second kappa shape index (κ2) is 5.05. The van der Waals surface area contributed by atoms with Gasteiger partial charge in [-0.2, -0.15) is 0 Å². The van der Waals surface area contributed by atoms with Gasteiger partial charge in [-0.15, -0.1) is 0 Å². The van der Waals surface area contributed by atoms with Crippen molar-refractivity contribution in [3.05, 3.63) is 23.3 Å². The molecule has 7 rings (SSSR count). The van der Waals surface area contributed by atoms with Crippen LogP contribution in [0, 0.1) is 52.3 Å². The maximum atomic E-state index is 13.4. The van der Waals surface area contributed by atoms with E-state index in [9.17, 15) is 9.59 Å². The third-order valence-electron chi connectivity index (χ3n) is 10.1. The zero-order valence-electron chi connectivity index (χ0n) is 17.0.